The van der Waals surface area contributed by atoms with E-state index in [1.165, 1.54) is 0 Å². The number of hydrogen-bond acceptors (Lipinski definition) is 5. The number of carbonyl (C=O) groups excluding carboxylic acids is 2. The Morgan fingerprint density at radius 2 is 1.65 bits per heavy atom. The van der Waals surface area contributed by atoms with Crippen molar-refractivity contribution in [3.8, 4) is 11.1 Å². The minimum absolute atomic E-state index is 0.0907. The number of alkyl carbamates (subject to hydrolysis) is 1. The van der Waals surface area contributed by atoms with E-state index in [4.69, 9.17) is 9.47 Å². The predicted molar refractivity (Wildman–Crippen MR) is 125 cm³/mol. The highest BCUT2D eigenvalue weighted by Gasteiger charge is 2.40. The van der Waals surface area contributed by atoms with E-state index in [0.29, 0.717) is 6.42 Å². The van der Waals surface area contributed by atoms with Crippen molar-refractivity contribution in [2.75, 3.05) is 13.2 Å². The Kier molecular flexibility index (Phi) is 6.61. The SMILES string of the molecule is CC(C)(C)[C@H](NC(=O)OCC1c2ccccc2-c2ccccc21)C(=O)N[C@@H]1CCO[C@@H]1C(=O)O. The standard InChI is InChI=1S/C26H30N2O6/c1-26(2,3)22(23(29)27-20-12-13-33-21(20)24(30)31)28-25(32)34-14-19-17-10-6-4-8-15(17)16-9-5-7-11-18(16)19/h4-11,19-22H,12-14H2,1-3H3,(H,27,29)(H,28,32)(H,30,31)/t20-,21+,22-/m1/s1. The van der Waals surface area contributed by atoms with Gasteiger partial charge in [-0.15, -0.1) is 0 Å². The van der Waals surface area contributed by atoms with Crippen LogP contribution in [-0.2, 0) is 19.1 Å². The second-order valence-corrected chi connectivity index (χ2v) is 9.80. The number of benzene rings is 2. The highest BCUT2D eigenvalue weighted by molar-refractivity contribution is 5.87. The van der Waals surface area contributed by atoms with Crippen LogP contribution in [0.4, 0.5) is 4.79 Å². The molecule has 2 aliphatic rings. The van der Waals surface area contributed by atoms with Gasteiger partial charge < -0.3 is 25.2 Å². The molecule has 0 unspecified atom stereocenters. The topological polar surface area (TPSA) is 114 Å². The molecule has 4 rings (SSSR count). The Hall–Kier alpha value is -3.39. The summed E-state index contributed by atoms with van der Waals surface area (Å²) in [7, 11) is 0. The van der Waals surface area contributed by atoms with Gasteiger partial charge in [-0.25, -0.2) is 9.59 Å². The van der Waals surface area contributed by atoms with Crippen molar-refractivity contribution in [2.45, 2.75) is 51.3 Å². The van der Waals surface area contributed by atoms with E-state index in [1.54, 1.807) is 0 Å². The molecule has 8 nitrogen and oxygen atoms in total. The number of hydrogen-bond donors (Lipinski definition) is 3. The lowest BCUT2D eigenvalue weighted by Gasteiger charge is -2.31. The molecule has 0 saturated carbocycles. The first-order chi connectivity index (χ1) is 16.2. The minimum atomic E-state index is -1.13. The third-order valence-electron chi connectivity index (χ3n) is 6.40. The fourth-order valence-corrected chi connectivity index (χ4v) is 4.68. The van der Waals surface area contributed by atoms with Gasteiger partial charge in [0.25, 0.3) is 0 Å². The number of carboxylic acids is 1. The summed E-state index contributed by atoms with van der Waals surface area (Å²) in [5.41, 5.74) is 3.83. The molecule has 1 aliphatic carbocycles. The quantitative estimate of drug-likeness (QED) is 0.602. The second kappa shape index (κ2) is 9.46. The van der Waals surface area contributed by atoms with Gasteiger partial charge in [0, 0.05) is 12.5 Å². The lowest BCUT2D eigenvalue weighted by Crippen LogP contribution is -2.57. The van der Waals surface area contributed by atoms with Crippen LogP contribution >= 0.6 is 0 Å². The first-order valence-corrected chi connectivity index (χ1v) is 11.4. The zero-order valence-electron chi connectivity index (χ0n) is 19.5. The van der Waals surface area contributed by atoms with Gasteiger partial charge in [-0.05, 0) is 34.1 Å². The van der Waals surface area contributed by atoms with Gasteiger partial charge in [0.05, 0.1) is 6.04 Å². The van der Waals surface area contributed by atoms with Crippen LogP contribution in [0.15, 0.2) is 48.5 Å². The molecule has 0 bridgehead atoms. The average molecular weight is 467 g/mol. The number of nitrogens with one attached hydrogen (secondary N) is 2. The van der Waals surface area contributed by atoms with Crippen molar-refractivity contribution in [2.24, 2.45) is 5.41 Å². The Labute approximate surface area is 198 Å². The zero-order valence-corrected chi connectivity index (χ0v) is 19.5. The van der Waals surface area contributed by atoms with Gasteiger partial charge >= 0.3 is 12.1 Å². The van der Waals surface area contributed by atoms with Gasteiger partial charge in [0.15, 0.2) is 6.10 Å². The maximum atomic E-state index is 13.0. The molecule has 0 aromatic heterocycles. The first-order valence-electron chi connectivity index (χ1n) is 11.4. The molecule has 2 amide bonds. The number of aliphatic carboxylic acids is 1. The minimum Gasteiger partial charge on any atom is -0.479 e. The molecule has 1 saturated heterocycles. The summed E-state index contributed by atoms with van der Waals surface area (Å²) < 4.78 is 10.8. The molecule has 0 spiro atoms. The summed E-state index contributed by atoms with van der Waals surface area (Å²) in [6.45, 7) is 5.85. The first kappa shape index (κ1) is 23.8. The normalized spacial score (nSPS) is 20.2. The van der Waals surface area contributed by atoms with Crippen molar-refractivity contribution >= 4 is 18.0 Å². The molecule has 1 fully saturated rings. The highest BCUT2D eigenvalue weighted by Crippen LogP contribution is 2.44. The largest absolute Gasteiger partial charge is 0.479 e. The van der Waals surface area contributed by atoms with Gasteiger partial charge in [-0.1, -0.05) is 69.3 Å². The Morgan fingerprint density at radius 3 is 2.21 bits per heavy atom. The monoisotopic (exact) mass is 466 g/mol. The van der Waals surface area contributed by atoms with Crippen LogP contribution in [0.2, 0.25) is 0 Å². The molecule has 3 N–H and O–H groups in total. The van der Waals surface area contributed by atoms with Crippen LogP contribution < -0.4 is 10.6 Å². The number of carboxylic acid groups (broad SMARTS) is 1. The zero-order chi connectivity index (χ0) is 24.5. The highest BCUT2D eigenvalue weighted by atomic mass is 16.5. The lowest BCUT2D eigenvalue weighted by atomic mass is 9.86. The van der Waals surface area contributed by atoms with Crippen LogP contribution in [0.1, 0.15) is 44.2 Å². The molecule has 34 heavy (non-hydrogen) atoms. The van der Waals surface area contributed by atoms with Gasteiger partial charge in [0.2, 0.25) is 5.91 Å². The van der Waals surface area contributed by atoms with E-state index in [9.17, 15) is 19.5 Å². The van der Waals surface area contributed by atoms with Crippen LogP contribution in [0, 0.1) is 5.41 Å². The number of carbonyl (C=O) groups is 3. The lowest BCUT2D eigenvalue weighted by molar-refractivity contribution is -0.148. The molecular formula is C26H30N2O6. The summed E-state index contributed by atoms with van der Waals surface area (Å²) in [6, 6.07) is 14.5. The van der Waals surface area contributed by atoms with E-state index in [-0.39, 0.29) is 19.1 Å². The molecule has 1 heterocycles. The van der Waals surface area contributed by atoms with E-state index < -0.39 is 41.6 Å². The number of fused-ring (bicyclic) bond motifs is 3. The average Bonchev–Trinajstić information content (AvgIpc) is 3.38. The fraction of sp³-hybridized carbons (Fsp3) is 0.423. The molecule has 2 aromatic rings. The molecule has 0 radical (unpaired) electrons. The fourth-order valence-electron chi connectivity index (χ4n) is 4.68. The molecule has 180 valence electrons. The molecule has 8 heteroatoms. The van der Waals surface area contributed by atoms with Gasteiger partial charge in [0.1, 0.15) is 12.6 Å². The maximum absolute atomic E-state index is 13.0. The molecule has 2 aromatic carbocycles. The number of amides is 2. The van der Waals surface area contributed by atoms with Crippen molar-refractivity contribution in [1.82, 2.24) is 10.6 Å². The molecular weight excluding hydrogens is 436 g/mol. The van der Waals surface area contributed by atoms with E-state index >= 15 is 0 Å². The van der Waals surface area contributed by atoms with Crippen molar-refractivity contribution in [3.63, 3.8) is 0 Å². The third kappa shape index (κ3) is 4.77. The van der Waals surface area contributed by atoms with Gasteiger partial charge in [-0.3, -0.25) is 4.79 Å². The van der Waals surface area contributed by atoms with E-state index in [2.05, 4.69) is 22.8 Å². The van der Waals surface area contributed by atoms with Crippen LogP contribution in [0.25, 0.3) is 11.1 Å². The number of ether oxygens (including phenoxy) is 2. The maximum Gasteiger partial charge on any atom is 0.407 e. The van der Waals surface area contributed by atoms with Crippen molar-refractivity contribution in [3.05, 3.63) is 59.7 Å². The summed E-state index contributed by atoms with van der Waals surface area (Å²) in [5, 5.41) is 14.7. The number of rotatable bonds is 6. The van der Waals surface area contributed by atoms with Crippen LogP contribution in [-0.4, -0.2) is 54.5 Å². The third-order valence-corrected chi connectivity index (χ3v) is 6.40. The van der Waals surface area contributed by atoms with E-state index in [0.717, 1.165) is 22.3 Å². The predicted octanol–water partition coefficient (Wildman–Crippen LogP) is 3.30. The second-order valence-electron chi connectivity index (χ2n) is 9.80. The summed E-state index contributed by atoms with van der Waals surface area (Å²) in [6.07, 6.45) is -1.40. The van der Waals surface area contributed by atoms with Crippen molar-refractivity contribution < 1.29 is 29.0 Å². The summed E-state index contributed by atoms with van der Waals surface area (Å²) >= 11 is 0. The Balaban J connectivity index is 1.42. The summed E-state index contributed by atoms with van der Waals surface area (Å²) in [4.78, 5) is 37.1. The van der Waals surface area contributed by atoms with Crippen molar-refractivity contribution in [1.29, 1.82) is 0 Å². The molecule has 1 aliphatic heterocycles. The summed E-state index contributed by atoms with van der Waals surface area (Å²) in [5.74, 6) is -1.69. The smallest absolute Gasteiger partial charge is 0.407 e. The molecule has 3 atom stereocenters. The Morgan fingerprint density at radius 1 is 1.06 bits per heavy atom. The van der Waals surface area contributed by atoms with Gasteiger partial charge in [-0.2, -0.15) is 0 Å². The Bertz CT molecular complexity index is 1050. The van der Waals surface area contributed by atoms with Crippen LogP contribution in [0.3, 0.4) is 0 Å². The van der Waals surface area contributed by atoms with Crippen LogP contribution in [0.5, 0.6) is 0 Å². The van der Waals surface area contributed by atoms with E-state index in [1.807, 2.05) is 57.2 Å².